The van der Waals surface area contributed by atoms with Gasteiger partial charge in [-0.25, -0.2) is 9.78 Å². The van der Waals surface area contributed by atoms with Crippen LogP contribution in [0.1, 0.15) is 32.7 Å². The highest BCUT2D eigenvalue weighted by molar-refractivity contribution is 7.15. The van der Waals surface area contributed by atoms with Crippen molar-refractivity contribution in [3.63, 3.8) is 0 Å². The summed E-state index contributed by atoms with van der Waals surface area (Å²) in [6.07, 6.45) is 3.35. The first kappa shape index (κ1) is 15.4. The van der Waals surface area contributed by atoms with Crippen molar-refractivity contribution in [2.24, 2.45) is 0 Å². The van der Waals surface area contributed by atoms with Crippen LogP contribution >= 0.6 is 22.7 Å². The van der Waals surface area contributed by atoms with Crippen molar-refractivity contribution in [3.05, 3.63) is 38.5 Å². The molecule has 21 heavy (non-hydrogen) atoms. The van der Waals surface area contributed by atoms with E-state index in [0.29, 0.717) is 15.6 Å². The summed E-state index contributed by atoms with van der Waals surface area (Å²) in [6, 6.07) is 1.65. The lowest BCUT2D eigenvalue weighted by Crippen LogP contribution is -2.10. The number of carboxylic acids is 1. The molecule has 2 heterocycles. The van der Waals surface area contributed by atoms with Gasteiger partial charge in [0.1, 0.15) is 0 Å². The predicted molar refractivity (Wildman–Crippen MR) is 85.2 cm³/mol. The van der Waals surface area contributed by atoms with E-state index in [2.05, 4.69) is 10.3 Å². The minimum Gasteiger partial charge on any atom is -0.478 e. The number of anilines is 1. The predicted octanol–water partition coefficient (Wildman–Crippen LogP) is 3.43. The Morgan fingerprint density at radius 1 is 1.48 bits per heavy atom. The first-order chi connectivity index (χ1) is 9.99. The zero-order valence-corrected chi connectivity index (χ0v) is 13.2. The first-order valence-corrected chi connectivity index (χ1v) is 7.96. The molecule has 0 aromatic carbocycles. The molecule has 2 aromatic heterocycles. The number of rotatable bonds is 5. The molecule has 2 aromatic rings. The Morgan fingerprint density at radius 3 is 2.86 bits per heavy atom. The highest BCUT2D eigenvalue weighted by Gasteiger charge is 2.12. The molecular formula is C14H14N2O3S2. The Kier molecular flexibility index (Phi) is 4.87. The van der Waals surface area contributed by atoms with Crippen molar-refractivity contribution >= 4 is 45.8 Å². The molecule has 0 saturated carbocycles. The Balaban J connectivity index is 2.08. The fourth-order valence-electron chi connectivity index (χ4n) is 1.69. The molecule has 5 nitrogen and oxygen atoms in total. The van der Waals surface area contributed by atoms with Gasteiger partial charge in [-0.2, -0.15) is 0 Å². The Labute approximate surface area is 130 Å². The fourth-order valence-corrected chi connectivity index (χ4v) is 3.37. The molecule has 7 heteroatoms. The summed E-state index contributed by atoms with van der Waals surface area (Å²) < 4.78 is 0. The van der Waals surface area contributed by atoms with Crippen LogP contribution in [0.4, 0.5) is 5.13 Å². The van der Waals surface area contributed by atoms with E-state index in [-0.39, 0.29) is 5.91 Å². The Hall–Kier alpha value is -1.99. The smallest absolute Gasteiger partial charge is 0.328 e. The van der Waals surface area contributed by atoms with Gasteiger partial charge in [-0.3, -0.25) is 10.1 Å². The summed E-state index contributed by atoms with van der Waals surface area (Å²) in [7, 11) is 0. The van der Waals surface area contributed by atoms with Crippen molar-refractivity contribution < 1.29 is 14.7 Å². The number of thiophene rings is 1. The van der Waals surface area contributed by atoms with Crippen LogP contribution in [0.3, 0.4) is 0 Å². The highest BCUT2D eigenvalue weighted by Crippen LogP contribution is 2.24. The SMILES string of the molecule is CCc1nc(NC(=O)c2csc(C=CC(=O)O)c2)sc1C. The second kappa shape index (κ2) is 6.64. The number of thiazole rings is 1. The maximum absolute atomic E-state index is 12.1. The second-order valence-corrected chi connectivity index (χ2v) is 6.38. The average Bonchev–Trinajstić information content (AvgIpc) is 3.03. The van der Waals surface area contributed by atoms with Crippen LogP contribution in [0.5, 0.6) is 0 Å². The molecule has 2 rings (SSSR count). The summed E-state index contributed by atoms with van der Waals surface area (Å²) in [5.41, 5.74) is 1.49. The summed E-state index contributed by atoms with van der Waals surface area (Å²) in [6.45, 7) is 4.00. The zero-order valence-electron chi connectivity index (χ0n) is 11.5. The molecule has 0 aliphatic heterocycles. The lowest BCUT2D eigenvalue weighted by atomic mass is 10.3. The lowest BCUT2D eigenvalue weighted by molar-refractivity contribution is -0.131. The minimum atomic E-state index is -1.01. The number of nitrogens with one attached hydrogen (secondary N) is 1. The molecule has 1 amide bonds. The van der Waals surface area contributed by atoms with E-state index in [1.165, 1.54) is 28.7 Å². The largest absolute Gasteiger partial charge is 0.478 e. The average molecular weight is 322 g/mol. The van der Waals surface area contributed by atoms with Crippen LogP contribution < -0.4 is 5.32 Å². The van der Waals surface area contributed by atoms with Crippen LogP contribution in [-0.2, 0) is 11.2 Å². The topological polar surface area (TPSA) is 79.3 Å². The van der Waals surface area contributed by atoms with Crippen LogP contribution in [0.25, 0.3) is 6.08 Å². The number of aromatic nitrogens is 1. The Bertz CT molecular complexity index is 701. The second-order valence-electron chi connectivity index (χ2n) is 4.24. The number of carbonyl (C=O) groups is 2. The number of aryl methyl sites for hydroxylation is 2. The van der Waals surface area contributed by atoms with Gasteiger partial charge in [0.15, 0.2) is 5.13 Å². The standard InChI is InChI=1S/C14H14N2O3S2/c1-3-11-8(2)21-14(15-11)16-13(19)9-6-10(20-7-9)4-5-12(17)18/h4-7H,3H2,1-2H3,(H,17,18)(H,15,16,19). The third-order valence-electron chi connectivity index (χ3n) is 2.72. The molecule has 0 aliphatic rings. The monoisotopic (exact) mass is 322 g/mol. The van der Waals surface area contributed by atoms with E-state index >= 15 is 0 Å². The summed E-state index contributed by atoms with van der Waals surface area (Å²) in [4.78, 5) is 28.7. The van der Waals surface area contributed by atoms with E-state index in [0.717, 1.165) is 23.1 Å². The van der Waals surface area contributed by atoms with Gasteiger partial charge < -0.3 is 5.11 Å². The zero-order chi connectivity index (χ0) is 15.4. The molecule has 110 valence electrons. The molecule has 0 radical (unpaired) electrons. The number of carboxylic acid groups (broad SMARTS) is 1. The molecule has 2 N–H and O–H groups in total. The normalized spacial score (nSPS) is 11.0. The van der Waals surface area contributed by atoms with Gasteiger partial charge in [0.05, 0.1) is 11.3 Å². The number of carbonyl (C=O) groups excluding carboxylic acids is 1. The molecule has 0 spiro atoms. The number of nitrogens with zero attached hydrogens (tertiary/aromatic N) is 1. The maximum atomic E-state index is 12.1. The van der Waals surface area contributed by atoms with Gasteiger partial charge in [-0.05, 0) is 25.5 Å². The number of aliphatic carboxylic acids is 1. The highest BCUT2D eigenvalue weighted by atomic mass is 32.1. The van der Waals surface area contributed by atoms with Crippen molar-refractivity contribution in [1.29, 1.82) is 0 Å². The molecule has 0 atom stereocenters. The van der Waals surface area contributed by atoms with Crippen molar-refractivity contribution in [2.45, 2.75) is 20.3 Å². The van der Waals surface area contributed by atoms with Crippen molar-refractivity contribution in [2.75, 3.05) is 5.32 Å². The number of hydrogen-bond acceptors (Lipinski definition) is 5. The quantitative estimate of drug-likeness (QED) is 0.827. The third-order valence-corrected chi connectivity index (χ3v) is 4.55. The number of hydrogen-bond donors (Lipinski definition) is 2. The van der Waals surface area contributed by atoms with Gasteiger partial charge in [0.25, 0.3) is 5.91 Å². The van der Waals surface area contributed by atoms with E-state index in [9.17, 15) is 9.59 Å². The van der Waals surface area contributed by atoms with Gasteiger partial charge in [-0.15, -0.1) is 22.7 Å². The summed E-state index contributed by atoms with van der Waals surface area (Å²) >= 11 is 2.77. The van der Waals surface area contributed by atoms with Crippen molar-refractivity contribution in [3.8, 4) is 0 Å². The molecule has 0 unspecified atom stereocenters. The molecule has 0 bridgehead atoms. The number of amides is 1. The molecule has 0 fully saturated rings. The lowest BCUT2D eigenvalue weighted by Gasteiger charge is -1.97. The van der Waals surface area contributed by atoms with E-state index < -0.39 is 5.97 Å². The van der Waals surface area contributed by atoms with Gasteiger partial charge in [-0.1, -0.05) is 6.92 Å². The van der Waals surface area contributed by atoms with E-state index in [1.807, 2.05) is 13.8 Å². The van der Waals surface area contributed by atoms with Gasteiger partial charge >= 0.3 is 5.97 Å². The van der Waals surface area contributed by atoms with Crippen LogP contribution in [-0.4, -0.2) is 22.0 Å². The van der Waals surface area contributed by atoms with Crippen LogP contribution in [0.15, 0.2) is 17.5 Å². The third kappa shape index (κ3) is 3.99. The van der Waals surface area contributed by atoms with Gasteiger partial charge in [0, 0.05) is 21.2 Å². The minimum absolute atomic E-state index is 0.238. The van der Waals surface area contributed by atoms with Crippen LogP contribution in [0.2, 0.25) is 0 Å². The van der Waals surface area contributed by atoms with Gasteiger partial charge in [0.2, 0.25) is 0 Å². The first-order valence-electron chi connectivity index (χ1n) is 6.26. The maximum Gasteiger partial charge on any atom is 0.328 e. The van der Waals surface area contributed by atoms with E-state index in [4.69, 9.17) is 5.11 Å². The van der Waals surface area contributed by atoms with E-state index in [1.54, 1.807) is 11.4 Å². The summed E-state index contributed by atoms with van der Waals surface area (Å²) in [5.74, 6) is -1.25. The fraction of sp³-hybridized carbons (Fsp3) is 0.214. The van der Waals surface area contributed by atoms with Crippen LogP contribution in [0, 0.1) is 6.92 Å². The molecule has 0 saturated heterocycles. The van der Waals surface area contributed by atoms with Crippen molar-refractivity contribution in [1.82, 2.24) is 4.98 Å². The Morgan fingerprint density at radius 2 is 2.24 bits per heavy atom. The molecular weight excluding hydrogens is 308 g/mol. The molecule has 0 aliphatic carbocycles. The summed E-state index contributed by atoms with van der Waals surface area (Å²) in [5, 5.41) is 13.6.